The lowest BCUT2D eigenvalue weighted by Crippen LogP contribution is -2.41. The molecule has 0 aliphatic heterocycles. The quantitative estimate of drug-likeness (QED) is 0.808. The van der Waals surface area contributed by atoms with E-state index in [-0.39, 0.29) is 24.4 Å². The molecule has 2 rings (SSSR count). The van der Waals surface area contributed by atoms with Crippen molar-refractivity contribution in [2.45, 2.75) is 39.0 Å². The minimum atomic E-state index is -0.560. The molecular weight excluding hydrogens is 324 g/mol. The van der Waals surface area contributed by atoms with Gasteiger partial charge in [-0.05, 0) is 31.9 Å². The average molecular weight is 349 g/mol. The highest BCUT2D eigenvalue weighted by atomic mass is 35.5. The summed E-state index contributed by atoms with van der Waals surface area (Å²) in [5.41, 5.74) is 7.99. The SMILES string of the molecule is CC(C)Oc1ccccc1CNC(=O)[C@@H](N)Cc1ccccc1.Cl. The smallest absolute Gasteiger partial charge is 0.237 e. The Morgan fingerprint density at radius 1 is 1.08 bits per heavy atom. The Balaban J connectivity index is 0.00000288. The molecule has 0 bridgehead atoms. The van der Waals surface area contributed by atoms with Gasteiger partial charge in [0.05, 0.1) is 12.1 Å². The highest BCUT2D eigenvalue weighted by molar-refractivity contribution is 5.85. The topological polar surface area (TPSA) is 64.3 Å². The first-order valence-corrected chi connectivity index (χ1v) is 7.88. The van der Waals surface area contributed by atoms with Crippen molar-refractivity contribution in [3.63, 3.8) is 0 Å². The zero-order valence-corrected chi connectivity index (χ0v) is 14.9. The number of carbonyl (C=O) groups excluding carboxylic acids is 1. The van der Waals surface area contributed by atoms with Gasteiger partial charge in [0.25, 0.3) is 0 Å². The highest BCUT2D eigenvalue weighted by Gasteiger charge is 2.14. The summed E-state index contributed by atoms with van der Waals surface area (Å²) in [6.45, 7) is 4.36. The second-order valence-electron chi connectivity index (χ2n) is 5.79. The third-order valence-corrected chi connectivity index (χ3v) is 3.42. The molecule has 0 unspecified atom stereocenters. The van der Waals surface area contributed by atoms with Crippen LogP contribution in [0.5, 0.6) is 5.75 Å². The van der Waals surface area contributed by atoms with Crippen LogP contribution < -0.4 is 15.8 Å². The normalized spacial score (nSPS) is 11.5. The van der Waals surface area contributed by atoms with Gasteiger partial charge < -0.3 is 15.8 Å². The number of carbonyl (C=O) groups is 1. The van der Waals surface area contributed by atoms with Crippen molar-refractivity contribution in [1.29, 1.82) is 0 Å². The predicted octanol–water partition coefficient (Wildman–Crippen LogP) is 3.08. The number of amides is 1. The second kappa shape index (κ2) is 9.96. The van der Waals surface area contributed by atoms with E-state index in [0.717, 1.165) is 16.9 Å². The summed E-state index contributed by atoms with van der Waals surface area (Å²) in [4.78, 5) is 12.2. The summed E-state index contributed by atoms with van der Waals surface area (Å²) >= 11 is 0. The number of hydrogen-bond acceptors (Lipinski definition) is 3. The highest BCUT2D eigenvalue weighted by Crippen LogP contribution is 2.19. The van der Waals surface area contributed by atoms with Crippen LogP contribution in [0.25, 0.3) is 0 Å². The Kier molecular flexibility index (Phi) is 8.30. The third-order valence-electron chi connectivity index (χ3n) is 3.42. The van der Waals surface area contributed by atoms with Gasteiger partial charge in [0.1, 0.15) is 5.75 Å². The maximum atomic E-state index is 12.2. The molecule has 0 aliphatic carbocycles. The zero-order valence-electron chi connectivity index (χ0n) is 14.1. The van der Waals surface area contributed by atoms with Gasteiger partial charge in [0.2, 0.25) is 5.91 Å². The molecule has 0 fully saturated rings. The third kappa shape index (κ3) is 6.22. The number of nitrogens with one attached hydrogen (secondary N) is 1. The number of benzene rings is 2. The molecule has 5 heteroatoms. The molecule has 2 aromatic rings. The molecule has 4 nitrogen and oxygen atoms in total. The van der Waals surface area contributed by atoms with Crippen LogP contribution in [0.4, 0.5) is 0 Å². The lowest BCUT2D eigenvalue weighted by molar-refractivity contribution is -0.122. The van der Waals surface area contributed by atoms with E-state index in [1.807, 2.05) is 68.4 Å². The predicted molar refractivity (Wildman–Crippen MR) is 99.4 cm³/mol. The van der Waals surface area contributed by atoms with Crippen LogP contribution in [0.15, 0.2) is 54.6 Å². The molecule has 0 saturated heterocycles. The lowest BCUT2D eigenvalue weighted by atomic mass is 10.1. The van der Waals surface area contributed by atoms with Crippen LogP contribution >= 0.6 is 12.4 Å². The van der Waals surface area contributed by atoms with Crippen LogP contribution in [-0.2, 0) is 17.8 Å². The summed E-state index contributed by atoms with van der Waals surface area (Å²) in [5.74, 6) is 0.632. The van der Waals surface area contributed by atoms with Crippen LogP contribution in [0.1, 0.15) is 25.0 Å². The standard InChI is InChI=1S/C19H24N2O2.ClH/c1-14(2)23-18-11-7-6-10-16(18)13-21-19(22)17(20)12-15-8-4-3-5-9-15;/h3-11,14,17H,12-13,20H2,1-2H3,(H,21,22);1H/t17-;/m0./s1. The summed E-state index contributed by atoms with van der Waals surface area (Å²) in [5, 5.41) is 2.89. The van der Waals surface area contributed by atoms with Gasteiger partial charge in [0, 0.05) is 12.1 Å². The molecule has 24 heavy (non-hydrogen) atoms. The molecule has 0 aliphatic rings. The Labute approximate surface area is 149 Å². The van der Waals surface area contributed by atoms with E-state index < -0.39 is 6.04 Å². The largest absolute Gasteiger partial charge is 0.491 e. The van der Waals surface area contributed by atoms with E-state index in [2.05, 4.69) is 5.32 Å². The fraction of sp³-hybridized carbons (Fsp3) is 0.316. The van der Waals surface area contributed by atoms with Crippen molar-refractivity contribution in [1.82, 2.24) is 5.32 Å². The molecule has 0 spiro atoms. The lowest BCUT2D eigenvalue weighted by Gasteiger charge is -2.16. The van der Waals surface area contributed by atoms with E-state index in [0.29, 0.717) is 13.0 Å². The van der Waals surface area contributed by atoms with Crippen LogP contribution in [0.2, 0.25) is 0 Å². The Bertz CT molecular complexity index is 632. The van der Waals surface area contributed by atoms with Crippen molar-refractivity contribution >= 4 is 18.3 Å². The number of ether oxygens (including phenoxy) is 1. The Morgan fingerprint density at radius 2 is 1.71 bits per heavy atom. The van der Waals surface area contributed by atoms with Gasteiger partial charge in [-0.2, -0.15) is 0 Å². The van der Waals surface area contributed by atoms with E-state index in [9.17, 15) is 4.79 Å². The minimum absolute atomic E-state index is 0. The first-order valence-electron chi connectivity index (χ1n) is 7.88. The maximum Gasteiger partial charge on any atom is 0.237 e. The molecule has 3 N–H and O–H groups in total. The summed E-state index contributed by atoms with van der Waals surface area (Å²) in [7, 11) is 0. The Morgan fingerprint density at radius 3 is 2.38 bits per heavy atom. The van der Waals surface area contributed by atoms with Gasteiger partial charge >= 0.3 is 0 Å². The maximum absolute atomic E-state index is 12.2. The van der Waals surface area contributed by atoms with E-state index in [1.165, 1.54) is 0 Å². The first kappa shape index (κ1) is 20.0. The van der Waals surface area contributed by atoms with E-state index in [1.54, 1.807) is 0 Å². The van der Waals surface area contributed by atoms with Crippen LogP contribution in [0, 0.1) is 0 Å². The number of nitrogens with two attached hydrogens (primary N) is 1. The minimum Gasteiger partial charge on any atom is -0.491 e. The van der Waals surface area contributed by atoms with Crippen molar-refractivity contribution in [3.05, 3.63) is 65.7 Å². The fourth-order valence-corrected chi connectivity index (χ4v) is 2.29. The fourth-order valence-electron chi connectivity index (χ4n) is 2.29. The van der Waals surface area contributed by atoms with Gasteiger partial charge in [-0.3, -0.25) is 4.79 Å². The summed E-state index contributed by atoms with van der Waals surface area (Å²) in [6.07, 6.45) is 0.615. The number of halogens is 1. The van der Waals surface area contributed by atoms with Crippen molar-refractivity contribution in [3.8, 4) is 5.75 Å². The molecule has 0 aromatic heterocycles. The molecule has 0 saturated carbocycles. The first-order chi connectivity index (χ1) is 11.1. The van der Waals surface area contributed by atoms with Gasteiger partial charge in [-0.25, -0.2) is 0 Å². The molecular formula is C19H25ClN2O2. The molecule has 0 heterocycles. The summed E-state index contributed by atoms with van der Waals surface area (Å²) < 4.78 is 5.75. The van der Waals surface area contributed by atoms with Gasteiger partial charge in [-0.1, -0.05) is 48.5 Å². The van der Waals surface area contributed by atoms with E-state index >= 15 is 0 Å². The molecule has 1 amide bonds. The summed E-state index contributed by atoms with van der Waals surface area (Å²) in [6, 6.07) is 16.9. The zero-order chi connectivity index (χ0) is 16.7. The van der Waals surface area contributed by atoms with Gasteiger partial charge in [-0.15, -0.1) is 12.4 Å². The molecule has 1 atom stereocenters. The van der Waals surface area contributed by atoms with Crippen molar-refractivity contribution in [2.75, 3.05) is 0 Å². The molecule has 0 radical (unpaired) electrons. The number of rotatable bonds is 7. The number of para-hydroxylation sites is 1. The van der Waals surface area contributed by atoms with Crippen molar-refractivity contribution in [2.24, 2.45) is 5.73 Å². The van der Waals surface area contributed by atoms with E-state index in [4.69, 9.17) is 10.5 Å². The molecule has 2 aromatic carbocycles. The average Bonchev–Trinajstić information content (AvgIpc) is 2.54. The second-order valence-corrected chi connectivity index (χ2v) is 5.79. The Hall–Kier alpha value is -2.04. The molecule has 130 valence electrons. The van der Waals surface area contributed by atoms with Crippen molar-refractivity contribution < 1.29 is 9.53 Å². The van der Waals surface area contributed by atoms with Crippen LogP contribution in [0.3, 0.4) is 0 Å². The number of hydrogen-bond donors (Lipinski definition) is 2. The van der Waals surface area contributed by atoms with Crippen LogP contribution in [-0.4, -0.2) is 18.1 Å². The van der Waals surface area contributed by atoms with Gasteiger partial charge in [0.15, 0.2) is 0 Å². The monoisotopic (exact) mass is 348 g/mol.